The summed E-state index contributed by atoms with van der Waals surface area (Å²) < 4.78 is 12.8. The lowest BCUT2D eigenvalue weighted by Gasteiger charge is -2.43. The molecular weight excluding hydrogens is 468 g/mol. The number of aliphatic hydroxyl groups is 1. The third kappa shape index (κ3) is 4.14. The summed E-state index contributed by atoms with van der Waals surface area (Å²) >= 11 is 5.97. The Kier molecular flexibility index (Phi) is 6.18. The molecule has 0 saturated carbocycles. The van der Waals surface area contributed by atoms with E-state index in [0.29, 0.717) is 61.1 Å². The summed E-state index contributed by atoms with van der Waals surface area (Å²) in [5.41, 5.74) is 0.803. The van der Waals surface area contributed by atoms with Crippen molar-refractivity contribution in [3.05, 3.63) is 63.2 Å². The molecule has 0 amide bonds. The number of aryl methyl sites for hydroxylation is 1. The SMILES string of the molecule is C[C@H](c1ccc(Cl)cn1)C1(O)CCN(c2c(C#N)c(=O)n(C)c3c(OC4COC4)cccc23)CC1. The zero-order valence-electron chi connectivity index (χ0n) is 19.7. The molecule has 2 aliphatic rings. The molecule has 0 spiro atoms. The van der Waals surface area contributed by atoms with Crippen LogP contribution >= 0.6 is 11.6 Å². The quantitative estimate of drug-likeness (QED) is 0.580. The highest BCUT2D eigenvalue weighted by Gasteiger charge is 2.40. The summed E-state index contributed by atoms with van der Waals surface area (Å²) in [6.07, 6.45) is 2.47. The maximum Gasteiger partial charge on any atom is 0.270 e. The van der Waals surface area contributed by atoms with Crippen LogP contribution in [0.2, 0.25) is 5.02 Å². The predicted octanol–water partition coefficient (Wildman–Crippen LogP) is 3.37. The van der Waals surface area contributed by atoms with Crippen molar-refractivity contribution in [2.75, 3.05) is 31.2 Å². The van der Waals surface area contributed by atoms with Crippen LogP contribution in [-0.2, 0) is 11.8 Å². The average Bonchev–Trinajstić information content (AvgIpc) is 2.84. The Morgan fingerprint density at radius 3 is 2.63 bits per heavy atom. The first-order chi connectivity index (χ1) is 16.8. The van der Waals surface area contributed by atoms with Gasteiger partial charge in [-0.05, 0) is 31.0 Å². The summed E-state index contributed by atoms with van der Waals surface area (Å²) in [6.45, 7) is 3.98. The van der Waals surface area contributed by atoms with Crippen LogP contribution < -0.4 is 15.2 Å². The van der Waals surface area contributed by atoms with E-state index in [1.807, 2.05) is 36.1 Å². The fraction of sp³-hybridized carbons (Fsp3) is 0.423. The highest BCUT2D eigenvalue weighted by Crippen LogP contribution is 2.40. The molecule has 9 heteroatoms. The second-order valence-corrected chi connectivity index (χ2v) is 9.78. The van der Waals surface area contributed by atoms with Crippen molar-refractivity contribution < 1.29 is 14.6 Å². The van der Waals surface area contributed by atoms with Gasteiger partial charge in [0.15, 0.2) is 0 Å². The number of piperidine rings is 1. The first kappa shape index (κ1) is 23.6. The van der Waals surface area contributed by atoms with E-state index >= 15 is 0 Å². The molecule has 0 radical (unpaired) electrons. The number of aromatic nitrogens is 2. The Morgan fingerprint density at radius 1 is 1.29 bits per heavy atom. The normalized spacial score (nSPS) is 18.7. The number of rotatable bonds is 5. The number of para-hydroxylation sites is 1. The Morgan fingerprint density at radius 2 is 2.03 bits per heavy atom. The first-order valence-corrected chi connectivity index (χ1v) is 12.1. The number of nitrogens with zero attached hydrogens (tertiary/aromatic N) is 4. The van der Waals surface area contributed by atoms with E-state index in [9.17, 15) is 15.2 Å². The number of hydrogen-bond donors (Lipinski definition) is 1. The molecule has 35 heavy (non-hydrogen) atoms. The van der Waals surface area contributed by atoms with Crippen molar-refractivity contribution >= 4 is 28.2 Å². The summed E-state index contributed by atoms with van der Waals surface area (Å²) in [7, 11) is 1.66. The van der Waals surface area contributed by atoms with Crippen molar-refractivity contribution in [2.45, 2.75) is 37.4 Å². The van der Waals surface area contributed by atoms with Gasteiger partial charge in [0.2, 0.25) is 0 Å². The number of nitriles is 1. The Hall–Kier alpha value is -3.12. The molecule has 2 aromatic heterocycles. The van der Waals surface area contributed by atoms with Crippen LogP contribution in [0.5, 0.6) is 5.75 Å². The zero-order chi connectivity index (χ0) is 24.7. The van der Waals surface area contributed by atoms with Gasteiger partial charge in [-0.1, -0.05) is 30.7 Å². The van der Waals surface area contributed by atoms with E-state index in [0.717, 1.165) is 11.1 Å². The molecule has 1 atom stereocenters. The lowest BCUT2D eigenvalue weighted by Crippen LogP contribution is -2.48. The van der Waals surface area contributed by atoms with Crippen molar-refractivity contribution in [1.29, 1.82) is 5.26 Å². The standard InChI is InChI=1S/C26H27ClN4O4/c1-16(21-7-6-17(27)13-29-21)26(33)8-10-31(11-9-26)23-19-4-3-5-22(35-18-14-34-15-18)24(19)30(2)25(32)20(23)12-28/h3-7,13,16,18,33H,8-11,14-15H2,1-2H3/t16-/m1/s1. The fourth-order valence-corrected chi connectivity index (χ4v) is 5.13. The third-order valence-electron chi connectivity index (χ3n) is 7.30. The van der Waals surface area contributed by atoms with Crippen molar-refractivity contribution in [3.8, 4) is 11.8 Å². The number of halogens is 1. The number of benzene rings is 1. The topological polar surface area (TPSA) is 101 Å². The molecule has 1 N–H and O–H groups in total. The van der Waals surface area contributed by atoms with Gasteiger partial charge in [0.1, 0.15) is 23.5 Å². The van der Waals surface area contributed by atoms with E-state index in [4.69, 9.17) is 21.1 Å². The number of fused-ring (bicyclic) bond motifs is 1. The maximum absolute atomic E-state index is 13.2. The van der Waals surface area contributed by atoms with Gasteiger partial charge < -0.3 is 24.0 Å². The smallest absolute Gasteiger partial charge is 0.270 e. The summed E-state index contributed by atoms with van der Waals surface area (Å²) in [5.74, 6) is 0.402. The minimum absolute atomic E-state index is 0.0530. The van der Waals surface area contributed by atoms with E-state index < -0.39 is 5.60 Å². The van der Waals surface area contributed by atoms with Gasteiger partial charge in [0.25, 0.3) is 5.56 Å². The van der Waals surface area contributed by atoms with Gasteiger partial charge in [-0.2, -0.15) is 5.26 Å². The number of hydrogen-bond acceptors (Lipinski definition) is 7. The molecule has 2 saturated heterocycles. The Labute approximate surface area is 208 Å². The van der Waals surface area contributed by atoms with E-state index in [2.05, 4.69) is 11.1 Å². The Bertz CT molecular complexity index is 1350. The van der Waals surface area contributed by atoms with Crippen LogP contribution in [0.3, 0.4) is 0 Å². The minimum atomic E-state index is -0.960. The third-order valence-corrected chi connectivity index (χ3v) is 7.53. The molecule has 8 nitrogen and oxygen atoms in total. The lowest BCUT2D eigenvalue weighted by atomic mass is 9.78. The molecule has 0 aliphatic carbocycles. The second-order valence-electron chi connectivity index (χ2n) is 9.34. The van der Waals surface area contributed by atoms with Crippen molar-refractivity contribution in [3.63, 3.8) is 0 Å². The number of ether oxygens (including phenoxy) is 2. The monoisotopic (exact) mass is 494 g/mol. The van der Waals surface area contributed by atoms with E-state index in [-0.39, 0.29) is 23.1 Å². The van der Waals surface area contributed by atoms with Gasteiger partial charge in [0.05, 0.1) is 35.0 Å². The average molecular weight is 495 g/mol. The molecular formula is C26H27ClN4O4. The summed E-state index contributed by atoms with van der Waals surface area (Å²) in [6, 6.07) is 11.4. The first-order valence-electron chi connectivity index (χ1n) is 11.7. The van der Waals surface area contributed by atoms with Gasteiger partial charge in [-0.3, -0.25) is 9.78 Å². The number of pyridine rings is 2. The van der Waals surface area contributed by atoms with Crippen LogP contribution in [0.15, 0.2) is 41.3 Å². The fourth-order valence-electron chi connectivity index (χ4n) is 5.02. The Balaban J connectivity index is 1.50. The maximum atomic E-state index is 13.2. The van der Waals surface area contributed by atoms with E-state index in [1.54, 1.807) is 19.3 Å². The highest BCUT2D eigenvalue weighted by molar-refractivity contribution is 6.30. The molecule has 0 unspecified atom stereocenters. The van der Waals surface area contributed by atoms with E-state index in [1.165, 1.54) is 4.57 Å². The molecule has 4 heterocycles. The minimum Gasteiger partial charge on any atom is -0.483 e. The lowest BCUT2D eigenvalue weighted by molar-refractivity contribution is -0.0792. The second kappa shape index (κ2) is 9.15. The highest BCUT2D eigenvalue weighted by atomic mass is 35.5. The van der Waals surface area contributed by atoms with Crippen LogP contribution in [0.25, 0.3) is 10.9 Å². The van der Waals surface area contributed by atoms with Gasteiger partial charge in [-0.25, -0.2) is 0 Å². The molecule has 2 fully saturated rings. The van der Waals surface area contributed by atoms with Crippen LogP contribution in [-0.4, -0.2) is 52.7 Å². The molecule has 5 rings (SSSR count). The zero-order valence-corrected chi connectivity index (χ0v) is 20.5. The molecule has 3 aromatic rings. The van der Waals surface area contributed by atoms with Crippen molar-refractivity contribution in [1.82, 2.24) is 9.55 Å². The molecule has 182 valence electrons. The molecule has 0 bridgehead atoms. The van der Waals surface area contributed by atoms with Crippen LogP contribution in [0.1, 0.15) is 36.9 Å². The van der Waals surface area contributed by atoms with Gasteiger partial charge in [-0.15, -0.1) is 0 Å². The molecule has 1 aromatic carbocycles. The summed E-state index contributed by atoms with van der Waals surface area (Å²) in [5, 5.41) is 22.7. The summed E-state index contributed by atoms with van der Waals surface area (Å²) in [4.78, 5) is 19.6. The predicted molar refractivity (Wildman–Crippen MR) is 133 cm³/mol. The van der Waals surface area contributed by atoms with Crippen LogP contribution in [0, 0.1) is 11.3 Å². The van der Waals surface area contributed by atoms with Crippen LogP contribution in [0.4, 0.5) is 5.69 Å². The molecule has 2 aliphatic heterocycles. The largest absolute Gasteiger partial charge is 0.483 e. The van der Waals surface area contributed by atoms with Gasteiger partial charge >= 0.3 is 0 Å². The van der Waals surface area contributed by atoms with Crippen molar-refractivity contribution in [2.24, 2.45) is 7.05 Å². The van der Waals surface area contributed by atoms with Gasteiger partial charge in [0, 0.05) is 43.3 Å². The number of anilines is 1.